The van der Waals surface area contributed by atoms with Crippen molar-refractivity contribution in [1.29, 1.82) is 0 Å². The van der Waals surface area contributed by atoms with Crippen LogP contribution in [0.4, 0.5) is 0 Å². The van der Waals surface area contributed by atoms with E-state index in [0.717, 1.165) is 23.8 Å². The number of nitrogens with zero attached hydrogens (tertiary/aromatic N) is 1. The van der Waals surface area contributed by atoms with Crippen LogP contribution in [-0.4, -0.2) is 48.1 Å². The van der Waals surface area contributed by atoms with Gasteiger partial charge < -0.3 is 10.2 Å². The largest absolute Gasteiger partial charge is 0.314 e. The third-order valence-electron chi connectivity index (χ3n) is 4.80. The second-order valence-electron chi connectivity index (χ2n) is 7.27. The van der Waals surface area contributed by atoms with Crippen LogP contribution in [0.5, 0.6) is 0 Å². The molecule has 1 saturated carbocycles. The van der Waals surface area contributed by atoms with Gasteiger partial charge in [0.1, 0.15) is 0 Å². The third kappa shape index (κ3) is 4.64. The van der Waals surface area contributed by atoms with Gasteiger partial charge in [-0.2, -0.15) is 11.8 Å². The first-order chi connectivity index (χ1) is 9.00. The van der Waals surface area contributed by atoms with Crippen molar-refractivity contribution < 1.29 is 0 Å². The van der Waals surface area contributed by atoms with Gasteiger partial charge in [0.15, 0.2) is 0 Å². The molecule has 112 valence electrons. The Kier molecular flexibility index (Phi) is 5.62. The highest BCUT2D eigenvalue weighted by molar-refractivity contribution is 7.99. The van der Waals surface area contributed by atoms with Crippen LogP contribution in [0.3, 0.4) is 0 Å². The van der Waals surface area contributed by atoms with E-state index in [1.54, 1.807) is 0 Å². The summed E-state index contributed by atoms with van der Waals surface area (Å²) in [6.07, 6.45) is 4.14. The minimum atomic E-state index is 0.548. The molecule has 19 heavy (non-hydrogen) atoms. The number of hydrogen-bond donors (Lipinski definition) is 1. The lowest BCUT2D eigenvalue weighted by Gasteiger charge is -2.44. The van der Waals surface area contributed by atoms with E-state index in [1.807, 2.05) is 0 Å². The Balaban J connectivity index is 1.92. The van der Waals surface area contributed by atoms with E-state index in [-0.39, 0.29) is 0 Å². The average molecular weight is 285 g/mol. The van der Waals surface area contributed by atoms with Crippen molar-refractivity contribution in [3.8, 4) is 0 Å². The van der Waals surface area contributed by atoms with Crippen LogP contribution < -0.4 is 5.32 Å². The summed E-state index contributed by atoms with van der Waals surface area (Å²) in [5, 5.41) is 4.56. The van der Waals surface area contributed by atoms with Crippen LogP contribution in [0.1, 0.15) is 47.0 Å². The second-order valence-corrected chi connectivity index (χ2v) is 8.82. The molecule has 0 amide bonds. The molecule has 0 radical (unpaired) electrons. The summed E-state index contributed by atoms with van der Waals surface area (Å²) in [7, 11) is 0. The Morgan fingerprint density at radius 2 is 2.16 bits per heavy atom. The molecule has 2 fully saturated rings. The SMILES string of the molecule is CCNC1CCC(C)(C)CC1CN1CCSC(C)C1. The molecule has 2 aliphatic rings. The zero-order valence-electron chi connectivity index (χ0n) is 13.2. The third-order valence-corrected chi connectivity index (χ3v) is 5.94. The van der Waals surface area contributed by atoms with Gasteiger partial charge in [-0.3, -0.25) is 0 Å². The standard InChI is InChI=1S/C16H32N2S/c1-5-17-15-6-7-16(3,4)10-14(15)12-18-8-9-19-13(2)11-18/h13-15,17H,5-12H2,1-4H3. The Labute approximate surface area is 124 Å². The molecule has 0 aromatic heterocycles. The zero-order valence-corrected chi connectivity index (χ0v) is 14.1. The topological polar surface area (TPSA) is 15.3 Å². The maximum atomic E-state index is 3.74. The van der Waals surface area contributed by atoms with Crippen molar-refractivity contribution in [2.75, 3.05) is 31.9 Å². The Hall–Kier alpha value is 0.270. The Morgan fingerprint density at radius 1 is 1.37 bits per heavy atom. The van der Waals surface area contributed by atoms with Gasteiger partial charge in [0.05, 0.1) is 0 Å². The van der Waals surface area contributed by atoms with Crippen molar-refractivity contribution in [2.24, 2.45) is 11.3 Å². The number of nitrogens with one attached hydrogen (secondary N) is 1. The first kappa shape index (κ1) is 15.7. The van der Waals surface area contributed by atoms with Gasteiger partial charge in [-0.15, -0.1) is 0 Å². The first-order valence-corrected chi connectivity index (χ1v) is 9.12. The highest BCUT2D eigenvalue weighted by Gasteiger charge is 2.35. The normalized spacial score (nSPS) is 36.3. The molecule has 1 N–H and O–H groups in total. The molecule has 0 aromatic carbocycles. The molecule has 3 heteroatoms. The van der Waals surface area contributed by atoms with Gasteiger partial charge in [-0.25, -0.2) is 0 Å². The van der Waals surface area contributed by atoms with Crippen molar-refractivity contribution in [1.82, 2.24) is 10.2 Å². The van der Waals surface area contributed by atoms with Crippen LogP contribution >= 0.6 is 11.8 Å². The van der Waals surface area contributed by atoms with Crippen LogP contribution in [0.15, 0.2) is 0 Å². The van der Waals surface area contributed by atoms with Gasteiger partial charge in [0.25, 0.3) is 0 Å². The van der Waals surface area contributed by atoms with E-state index >= 15 is 0 Å². The van der Waals surface area contributed by atoms with Crippen LogP contribution in [-0.2, 0) is 0 Å². The number of thioether (sulfide) groups is 1. The van der Waals surface area contributed by atoms with Crippen molar-refractivity contribution in [2.45, 2.75) is 58.2 Å². The zero-order chi connectivity index (χ0) is 13.9. The minimum absolute atomic E-state index is 0.548. The van der Waals surface area contributed by atoms with Gasteiger partial charge in [-0.1, -0.05) is 27.7 Å². The smallest absolute Gasteiger partial charge is 0.0147 e. The molecular weight excluding hydrogens is 252 g/mol. The predicted octanol–water partition coefficient (Wildman–Crippen LogP) is 3.23. The summed E-state index contributed by atoms with van der Waals surface area (Å²) in [6, 6.07) is 0.753. The molecule has 0 aromatic rings. The number of rotatable bonds is 4. The van der Waals surface area contributed by atoms with E-state index in [0.29, 0.717) is 5.41 Å². The van der Waals surface area contributed by atoms with E-state index in [2.05, 4.69) is 49.7 Å². The first-order valence-electron chi connectivity index (χ1n) is 8.07. The lowest BCUT2D eigenvalue weighted by molar-refractivity contribution is 0.102. The molecular formula is C16H32N2S. The van der Waals surface area contributed by atoms with E-state index in [1.165, 1.54) is 44.6 Å². The molecule has 0 spiro atoms. The predicted molar refractivity (Wildman–Crippen MR) is 86.9 cm³/mol. The maximum Gasteiger partial charge on any atom is 0.0147 e. The summed E-state index contributed by atoms with van der Waals surface area (Å²) in [6.45, 7) is 14.6. The summed E-state index contributed by atoms with van der Waals surface area (Å²) in [5.74, 6) is 2.17. The van der Waals surface area contributed by atoms with Crippen LogP contribution in [0.2, 0.25) is 0 Å². The fourth-order valence-electron chi connectivity index (χ4n) is 3.85. The minimum Gasteiger partial charge on any atom is -0.314 e. The van der Waals surface area contributed by atoms with Crippen LogP contribution in [0.25, 0.3) is 0 Å². The summed E-state index contributed by atoms with van der Waals surface area (Å²) in [4.78, 5) is 2.72. The summed E-state index contributed by atoms with van der Waals surface area (Å²) >= 11 is 2.14. The van der Waals surface area contributed by atoms with Gasteiger partial charge in [0, 0.05) is 36.7 Å². The monoisotopic (exact) mass is 284 g/mol. The molecule has 1 aliphatic carbocycles. The Bertz CT molecular complexity index is 280. The molecule has 3 atom stereocenters. The van der Waals surface area contributed by atoms with Gasteiger partial charge >= 0.3 is 0 Å². The molecule has 3 unspecified atom stereocenters. The molecule has 1 aliphatic heterocycles. The van der Waals surface area contributed by atoms with Gasteiger partial charge in [-0.05, 0) is 37.1 Å². The lowest BCUT2D eigenvalue weighted by atomic mass is 9.69. The average Bonchev–Trinajstić information content (AvgIpc) is 2.32. The second kappa shape index (κ2) is 6.82. The van der Waals surface area contributed by atoms with Crippen molar-refractivity contribution in [3.05, 3.63) is 0 Å². The molecule has 1 saturated heterocycles. The summed E-state index contributed by atoms with van der Waals surface area (Å²) in [5.41, 5.74) is 0.548. The molecule has 0 bridgehead atoms. The fraction of sp³-hybridized carbons (Fsp3) is 1.00. The Morgan fingerprint density at radius 3 is 2.84 bits per heavy atom. The van der Waals surface area contributed by atoms with Crippen molar-refractivity contribution >= 4 is 11.8 Å². The van der Waals surface area contributed by atoms with E-state index in [4.69, 9.17) is 0 Å². The number of hydrogen-bond acceptors (Lipinski definition) is 3. The molecule has 2 rings (SSSR count). The lowest BCUT2D eigenvalue weighted by Crippen LogP contribution is -2.49. The maximum absolute atomic E-state index is 3.74. The van der Waals surface area contributed by atoms with Gasteiger partial charge in [0.2, 0.25) is 0 Å². The molecule has 1 heterocycles. The quantitative estimate of drug-likeness (QED) is 0.853. The van der Waals surface area contributed by atoms with E-state index < -0.39 is 0 Å². The fourth-order valence-corrected chi connectivity index (χ4v) is 4.93. The summed E-state index contributed by atoms with van der Waals surface area (Å²) < 4.78 is 0. The highest BCUT2D eigenvalue weighted by atomic mass is 32.2. The highest BCUT2D eigenvalue weighted by Crippen LogP contribution is 2.39. The van der Waals surface area contributed by atoms with E-state index in [9.17, 15) is 0 Å². The van der Waals surface area contributed by atoms with Crippen LogP contribution in [0, 0.1) is 11.3 Å². The molecule has 2 nitrogen and oxygen atoms in total. The van der Waals surface area contributed by atoms with Crippen molar-refractivity contribution in [3.63, 3.8) is 0 Å².